The zero-order valence-corrected chi connectivity index (χ0v) is 8.17. The van der Waals surface area contributed by atoms with Gasteiger partial charge in [-0.3, -0.25) is 0 Å². The lowest BCUT2D eigenvalue weighted by Crippen LogP contribution is -2.16. The lowest BCUT2D eigenvalue weighted by molar-refractivity contribution is -0.136. The summed E-state index contributed by atoms with van der Waals surface area (Å²) in [6.07, 6.45) is 1.98. The van der Waals surface area contributed by atoms with Crippen molar-refractivity contribution in [2.24, 2.45) is 0 Å². The molecule has 74 valence electrons. The molecule has 0 aromatic heterocycles. The molecule has 0 aliphatic carbocycles. The van der Waals surface area contributed by atoms with Gasteiger partial charge in [-0.05, 0) is 18.9 Å². The quantitative estimate of drug-likeness (QED) is 0.672. The maximum Gasteiger partial charge on any atom is 0.337 e. The Balaban J connectivity index is 2.59. The molecule has 1 atom stereocenters. The molecule has 1 heterocycles. The van der Waals surface area contributed by atoms with Crippen LogP contribution in [0.15, 0.2) is 11.1 Å². The summed E-state index contributed by atoms with van der Waals surface area (Å²) < 4.78 is 4.81. The number of unbranched alkanes of at least 4 members (excludes halogenated alkanes) is 1. The van der Waals surface area contributed by atoms with Crippen LogP contribution >= 0.6 is 0 Å². The summed E-state index contributed by atoms with van der Waals surface area (Å²) >= 11 is 0. The maximum absolute atomic E-state index is 11.1. The summed E-state index contributed by atoms with van der Waals surface area (Å²) in [5, 5.41) is 9.66. The average molecular weight is 184 g/mol. The minimum Gasteiger partial charge on any atom is -0.458 e. The summed E-state index contributed by atoms with van der Waals surface area (Å²) in [7, 11) is 0. The van der Waals surface area contributed by atoms with Crippen molar-refractivity contribution in [3.8, 4) is 0 Å². The molecule has 3 nitrogen and oxygen atoms in total. The molecule has 0 bridgehead atoms. The van der Waals surface area contributed by atoms with Crippen molar-refractivity contribution in [1.82, 2.24) is 0 Å². The molecule has 0 aromatic rings. The fourth-order valence-electron chi connectivity index (χ4n) is 1.47. The molecule has 1 aliphatic rings. The number of cyclic esters (lactones) is 1. The van der Waals surface area contributed by atoms with Gasteiger partial charge in [-0.1, -0.05) is 19.8 Å². The number of aliphatic hydroxyl groups excluding tert-OH is 1. The van der Waals surface area contributed by atoms with Crippen molar-refractivity contribution in [2.75, 3.05) is 6.61 Å². The van der Waals surface area contributed by atoms with Crippen LogP contribution < -0.4 is 0 Å². The van der Waals surface area contributed by atoms with Gasteiger partial charge in [-0.2, -0.15) is 0 Å². The molecule has 0 spiro atoms. The van der Waals surface area contributed by atoms with Crippen LogP contribution in [0.3, 0.4) is 0 Å². The molecule has 0 saturated heterocycles. The van der Waals surface area contributed by atoms with Gasteiger partial charge < -0.3 is 9.84 Å². The van der Waals surface area contributed by atoms with Gasteiger partial charge in [0.2, 0.25) is 0 Å². The Labute approximate surface area is 78.4 Å². The average Bonchev–Trinajstić information content (AvgIpc) is 2.42. The van der Waals surface area contributed by atoms with E-state index in [1.165, 1.54) is 0 Å². The standard InChI is InChI=1S/C10H16O3/c1-3-4-5-8(11)9-7(2)6-13-10(9)12/h8,11H,3-6H2,1-2H3. The zero-order valence-electron chi connectivity index (χ0n) is 8.17. The fourth-order valence-corrected chi connectivity index (χ4v) is 1.47. The highest BCUT2D eigenvalue weighted by Crippen LogP contribution is 2.21. The van der Waals surface area contributed by atoms with Gasteiger partial charge in [0.05, 0.1) is 11.7 Å². The number of hydrogen-bond acceptors (Lipinski definition) is 3. The molecule has 0 fully saturated rings. The zero-order chi connectivity index (χ0) is 9.84. The largest absolute Gasteiger partial charge is 0.458 e. The number of aliphatic hydroxyl groups is 1. The maximum atomic E-state index is 11.1. The van der Waals surface area contributed by atoms with Crippen LogP contribution in [0.5, 0.6) is 0 Å². The van der Waals surface area contributed by atoms with Gasteiger partial charge in [-0.15, -0.1) is 0 Å². The first-order chi connectivity index (χ1) is 6.16. The summed E-state index contributed by atoms with van der Waals surface area (Å²) in [6, 6.07) is 0. The molecule has 0 amide bonds. The second-order valence-corrected chi connectivity index (χ2v) is 3.43. The third-order valence-corrected chi connectivity index (χ3v) is 2.26. The molecule has 0 radical (unpaired) electrons. The molecule has 1 rings (SSSR count). The van der Waals surface area contributed by atoms with E-state index in [0.717, 1.165) is 18.4 Å². The highest BCUT2D eigenvalue weighted by molar-refractivity contribution is 5.92. The first kappa shape index (κ1) is 10.3. The van der Waals surface area contributed by atoms with E-state index in [1.807, 2.05) is 6.92 Å². The van der Waals surface area contributed by atoms with E-state index in [1.54, 1.807) is 0 Å². The second kappa shape index (κ2) is 4.42. The Morgan fingerprint density at radius 1 is 1.62 bits per heavy atom. The highest BCUT2D eigenvalue weighted by Gasteiger charge is 2.27. The van der Waals surface area contributed by atoms with Crippen molar-refractivity contribution in [3.63, 3.8) is 0 Å². The Bertz CT molecular complexity index is 230. The number of esters is 1. The molecular weight excluding hydrogens is 168 g/mol. The molecule has 0 aromatic carbocycles. The minimum atomic E-state index is -0.630. The number of carbonyl (C=O) groups excluding carboxylic acids is 1. The van der Waals surface area contributed by atoms with Crippen molar-refractivity contribution in [2.45, 2.75) is 39.2 Å². The van der Waals surface area contributed by atoms with Gasteiger partial charge in [0.25, 0.3) is 0 Å². The van der Waals surface area contributed by atoms with E-state index in [-0.39, 0.29) is 5.97 Å². The summed E-state index contributed by atoms with van der Waals surface area (Å²) in [5.74, 6) is -0.346. The Hall–Kier alpha value is -0.830. The lowest BCUT2D eigenvalue weighted by Gasteiger charge is -2.09. The van der Waals surface area contributed by atoms with E-state index >= 15 is 0 Å². The molecule has 0 saturated carbocycles. The molecular formula is C10H16O3. The summed E-state index contributed by atoms with van der Waals surface area (Å²) in [5.41, 5.74) is 1.35. The van der Waals surface area contributed by atoms with Gasteiger partial charge in [0.1, 0.15) is 6.61 Å². The molecule has 1 N–H and O–H groups in total. The molecule has 13 heavy (non-hydrogen) atoms. The van der Waals surface area contributed by atoms with E-state index < -0.39 is 6.10 Å². The summed E-state index contributed by atoms with van der Waals surface area (Å²) in [6.45, 7) is 4.23. The Morgan fingerprint density at radius 3 is 2.77 bits per heavy atom. The van der Waals surface area contributed by atoms with Gasteiger partial charge in [-0.25, -0.2) is 4.79 Å². The molecule has 1 unspecified atom stereocenters. The smallest absolute Gasteiger partial charge is 0.337 e. The highest BCUT2D eigenvalue weighted by atomic mass is 16.5. The number of ether oxygens (including phenoxy) is 1. The van der Waals surface area contributed by atoms with Crippen molar-refractivity contribution < 1.29 is 14.6 Å². The number of hydrogen-bond donors (Lipinski definition) is 1. The summed E-state index contributed by atoms with van der Waals surface area (Å²) in [4.78, 5) is 11.1. The van der Waals surface area contributed by atoms with E-state index in [2.05, 4.69) is 6.92 Å². The van der Waals surface area contributed by atoms with Crippen LogP contribution in [-0.2, 0) is 9.53 Å². The number of rotatable bonds is 4. The minimum absolute atomic E-state index is 0.345. The van der Waals surface area contributed by atoms with E-state index in [4.69, 9.17) is 4.74 Å². The van der Waals surface area contributed by atoms with Crippen molar-refractivity contribution >= 4 is 5.97 Å². The lowest BCUT2D eigenvalue weighted by atomic mass is 10.0. The SMILES string of the molecule is CCCCC(O)C1=C(C)COC1=O. The van der Waals surface area contributed by atoms with Crippen molar-refractivity contribution in [3.05, 3.63) is 11.1 Å². The third-order valence-electron chi connectivity index (χ3n) is 2.26. The van der Waals surface area contributed by atoms with Crippen LogP contribution in [0, 0.1) is 0 Å². The second-order valence-electron chi connectivity index (χ2n) is 3.43. The van der Waals surface area contributed by atoms with E-state index in [9.17, 15) is 9.90 Å². The predicted octanol–water partition coefficient (Wildman–Crippen LogP) is 1.41. The van der Waals surface area contributed by atoms with Crippen LogP contribution in [0.4, 0.5) is 0 Å². The third kappa shape index (κ3) is 2.31. The topological polar surface area (TPSA) is 46.5 Å². The molecule has 3 heteroatoms. The van der Waals surface area contributed by atoms with Gasteiger partial charge in [0, 0.05) is 0 Å². The van der Waals surface area contributed by atoms with Gasteiger partial charge >= 0.3 is 5.97 Å². The van der Waals surface area contributed by atoms with E-state index in [0.29, 0.717) is 18.6 Å². The Kier molecular flexibility index (Phi) is 3.48. The molecule has 1 aliphatic heterocycles. The number of carbonyl (C=O) groups is 1. The predicted molar refractivity (Wildman–Crippen MR) is 49.2 cm³/mol. The Morgan fingerprint density at radius 2 is 2.31 bits per heavy atom. The first-order valence-electron chi connectivity index (χ1n) is 4.71. The normalized spacial score (nSPS) is 19.2. The van der Waals surface area contributed by atoms with Crippen LogP contribution in [0.25, 0.3) is 0 Å². The van der Waals surface area contributed by atoms with Crippen LogP contribution in [0.2, 0.25) is 0 Å². The van der Waals surface area contributed by atoms with Gasteiger partial charge in [0.15, 0.2) is 0 Å². The van der Waals surface area contributed by atoms with Crippen molar-refractivity contribution in [1.29, 1.82) is 0 Å². The van der Waals surface area contributed by atoms with Crippen LogP contribution in [0.1, 0.15) is 33.1 Å². The fraction of sp³-hybridized carbons (Fsp3) is 0.700. The van der Waals surface area contributed by atoms with Crippen LogP contribution in [-0.4, -0.2) is 23.8 Å². The first-order valence-corrected chi connectivity index (χ1v) is 4.71. The monoisotopic (exact) mass is 184 g/mol.